The Morgan fingerprint density at radius 3 is 2.90 bits per heavy atom. The van der Waals surface area contributed by atoms with Crippen LogP contribution in [0.4, 0.5) is 5.69 Å². The minimum atomic E-state index is 0.0813. The van der Waals surface area contributed by atoms with Crippen molar-refractivity contribution in [3.8, 4) is 0 Å². The predicted molar refractivity (Wildman–Crippen MR) is 89.7 cm³/mol. The van der Waals surface area contributed by atoms with Crippen LogP contribution in [0.1, 0.15) is 19.8 Å². The van der Waals surface area contributed by atoms with Crippen LogP contribution in [0, 0.1) is 5.41 Å². The fourth-order valence-electron chi connectivity index (χ4n) is 2.70. The maximum absolute atomic E-state index is 12.1. The van der Waals surface area contributed by atoms with Crippen LogP contribution < -0.4 is 11.1 Å². The Kier molecular flexibility index (Phi) is 5.67. The van der Waals surface area contributed by atoms with Crippen LogP contribution in [0.25, 0.3) is 0 Å². The van der Waals surface area contributed by atoms with E-state index in [2.05, 4.69) is 17.1 Å². The number of hydrogen-bond donors (Lipinski definition) is 2. The van der Waals surface area contributed by atoms with Crippen LogP contribution in [-0.4, -0.2) is 43.2 Å². The summed E-state index contributed by atoms with van der Waals surface area (Å²) in [6.45, 7) is 5.79. The summed E-state index contributed by atoms with van der Waals surface area (Å²) in [5.74, 6) is 0.0813. The Morgan fingerprint density at radius 1 is 1.48 bits per heavy atom. The molecule has 1 unspecified atom stereocenters. The van der Waals surface area contributed by atoms with E-state index in [4.69, 9.17) is 5.73 Å². The summed E-state index contributed by atoms with van der Waals surface area (Å²) in [6.07, 6.45) is 3.67. The van der Waals surface area contributed by atoms with Crippen molar-refractivity contribution in [2.75, 3.05) is 37.8 Å². The second-order valence-corrected chi connectivity index (χ2v) is 6.89. The molecular formula is C16H25N3OS. The molecule has 1 aliphatic heterocycles. The molecule has 0 spiro atoms. The number of para-hydroxylation sites is 1. The van der Waals surface area contributed by atoms with Crippen LogP contribution in [0.2, 0.25) is 0 Å². The van der Waals surface area contributed by atoms with Gasteiger partial charge in [0.25, 0.3) is 0 Å². The van der Waals surface area contributed by atoms with Gasteiger partial charge in [-0.15, -0.1) is 11.8 Å². The molecule has 1 fully saturated rings. The standard InChI is InChI=1S/C16H25N3OS/c1-16(11-17)8-10-19(12-16)9-7-15(20)18-13-5-3-4-6-14(13)21-2/h3-6H,7-12,17H2,1-2H3,(H,18,20). The molecule has 0 aromatic heterocycles. The lowest BCUT2D eigenvalue weighted by Crippen LogP contribution is -2.32. The monoisotopic (exact) mass is 307 g/mol. The van der Waals surface area contributed by atoms with Crippen molar-refractivity contribution in [3.63, 3.8) is 0 Å². The fourth-order valence-corrected chi connectivity index (χ4v) is 3.26. The van der Waals surface area contributed by atoms with E-state index in [0.29, 0.717) is 6.42 Å². The molecule has 21 heavy (non-hydrogen) atoms. The third-order valence-electron chi connectivity index (χ3n) is 4.17. The lowest BCUT2D eigenvalue weighted by atomic mass is 9.90. The quantitative estimate of drug-likeness (QED) is 0.792. The van der Waals surface area contributed by atoms with Gasteiger partial charge in [-0.05, 0) is 43.3 Å². The molecule has 0 radical (unpaired) electrons. The molecule has 1 aliphatic rings. The molecule has 1 aromatic carbocycles. The number of amides is 1. The van der Waals surface area contributed by atoms with Crippen LogP contribution in [0.3, 0.4) is 0 Å². The van der Waals surface area contributed by atoms with Crippen molar-refractivity contribution in [2.24, 2.45) is 11.1 Å². The van der Waals surface area contributed by atoms with Crippen molar-refractivity contribution in [1.29, 1.82) is 0 Å². The molecule has 0 aliphatic carbocycles. The van der Waals surface area contributed by atoms with Crippen LogP contribution in [-0.2, 0) is 4.79 Å². The highest BCUT2D eigenvalue weighted by Gasteiger charge is 2.32. The fraction of sp³-hybridized carbons (Fsp3) is 0.562. The van der Waals surface area contributed by atoms with E-state index in [-0.39, 0.29) is 11.3 Å². The van der Waals surface area contributed by atoms with Gasteiger partial charge in [-0.25, -0.2) is 0 Å². The van der Waals surface area contributed by atoms with Crippen LogP contribution in [0.5, 0.6) is 0 Å². The molecule has 116 valence electrons. The summed E-state index contributed by atoms with van der Waals surface area (Å²) in [6, 6.07) is 7.90. The SMILES string of the molecule is CSc1ccccc1NC(=O)CCN1CCC(C)(CN)C1. The highest BCUT2D eigenvalue weighted by molar-refractivity contribution is 7.98. The van der Waals surface area contributed by atoms with Crippen molar-refractivity contribution < 1.29 is 4.79 Å². The normalized spacial score (nSPS) is 22.4. The zero-order chi connectivity index (χ0) is 15.3. The average Bonchev–Trinajstić information content (AvgIpc) is 2.88. The third-order valence-corrected chi connectivity index (χ3v) is 4.96. The maximum Gasteiger partial charge on any atom is 0.225 e. The van der Waals surface area contributed by atoms with Gasteiger partial charge in [0.15, 0.2) is 0 Å². The second-order valence-electron chi connectivity index (χ2n) is 6.04. The summed E-state index contributed by atoms with van der Waals surface area (Å²) in [5.41, 5.74) is 6.94. The van der Waals surface area contributed by atoms with Gasteiger partial charge in [0.1, 0.15) is 0 Å². The van der Waals surface area contributed by atoms with E-state index in [9.17, 15) is 4.79 Å². The number of nitrogens with two attached hydrogens (primary N) is 1. The topological polar surface area (TPSA) is 58.4 Å². The number of benzene rings is 1. The third kappa shape index (κ3) is 4.46. The highest BCUT2D eigenvalue weighted by Crippen LogP contribution is 2.28. The first kappa shape index (κ1) is 16.3. The zero-order valence-electron chi connectivity index (χ0n) is 12.9. The van der Waals surface area contributed by atoms with E-state index in [1.165, 1.54) is 0 Å². The number of nitrogens with one attached hydrogen (secondary N) is 1. The van der Waals surface area contributed by atoms with Crippen molar-refractivity contribution in [2.45, 2.75) is 24.7 Å². The van der Waals surface area contributed by atoms with Gasteiger partial charge in [-0.1, -0.05) is 19.1 Å². The summed E-state index contributed by atoms with van der Waals surface area (Å²) < 4.78 is 0. The molecule has 1 aromatic rings. The molecule has 5 heteroatoms. The van der Waals surface area contributed by atoms with Gasteiger partial charge in [0.2, 0.25) is 5.91 Å². The highest BCUT2D eigenvalue weighted by atomic mass is 32.2. The molecule has 1 amide bonds. The molecule has 2 rings (SSSR count). The number of anilines is 1. The largest absolute Gasteiger partial charge is 0.330 e. The summed E-state index contributed by atoms with van der Waals surface area (Å²) in [5, 5.41) is 3.01. The van der Waals surface area contributed by atoms with Gasteiger partial charge >= 0.3 is 0 Å². The van der Waals surface area contributed by atoms with E-state index >= 15 is 0 Å². The number of likely N-dealkylation sites (tertiary alicyclic amines) is 1. The molecule has 4 nitrogen and oxygen atoms in total. The van der Waals surface area contributed by atoms with Gasteiger partial charge in [-0.3, -0.25) is 4.79 Å². The van der Waals surface area contributed by atoms with Gasteiger partial charge < -0.3 is 16.0 Å². The van der Waals surface area contributed by atoms with Crippen LogP contribution in [0.15, 0.2) is 29.2 Å². The Labute approximate surface area is 131 Å². The minimum absolute atomic E-state index is 0.0813. The Morgan fingerprint density at radius 2 is 2.24 bits per heavy atom. The number of rotatable bonds is 6. The Balaban J connectivity index is 1.81. The van der Waals surface area contributed by atoms with E-state index in [1.807, 2.05) is 30.5 Å². The number of nitrogens with zero attached hydrogens (tertiary/aromatic N) is 1. The smallest absolute Gasteiger partial charge is 0.225 e. The Bertz CT molecular complexity index is 494. The molecular weight excluding hydrogens is 282 g/mol. The van der Waals surface area contributed by atoms with Gasteiger partial charge in [0, 0.05) is 24.4 Å². The van der Waals surface area contributed by atoms with Crippen molar-refractivity contribution in [1.82, 2.24) is 4.90 Å². The maximum atomic E-state index is 12.1. The van der Waals surface area contributed by atoms with Gasteiger partial charge in [0.05, 0.1) is 5.69 Å². The van der Waals surface area contributed by atoms with E-state index in [0.717, 1.165) is 43.2 Å². The number of carbonyl (C=O) groups is 1. The molecule has 1 heterocycles. The second kappa shape index (κ2) is 7.29. The lowest BCUT2D eigenvalue weighted by molar-refractivity contribution is -0.116. The summed E-state index contributed by atoms with van der Waals surface area (Å²) in [4.78, 5) is 15.5. The van der Waals surface area contributed by atoms with Crippen molar-refractivity contribution in [3.05, 3.63) is 24.3 Å². The van der Waals surface area contributed by atoms with E-state index < -0.39 is 0 Å². The van der Waals surface area contributed by atoms with Crippen LogP contribution >= 0.6 is 11.8 Å². The average molecular weight is 307 g/mol. The molecule has 1 saturated heterocycles. The number of carbonyl (C=O) groups excluding carboxylic acids is 1. The number of thioether (sulfide) groups is 1. The molecule has 0 bridgehead atoms. The number of hydrogen-bond acceptors (Lipinski definition) is 4. The first-order valence-corrected chi connectivity index (χ1v) is 8.64. The molecule has 3 N–H and O–H groups in total. The lowest BCUT2D eigenvalue weighted by Gasteiger charge is -2.22. The minimum Gasteiger partial charge on any atom is -0.330 e. The summed E-state index contributed by atoms with van der Waals surface area (Å²) >= 11 is 1.64. The summed E-state index contributed by atoms with van der Waals surface area (Å²) in [7, 11) is 0. The van der Waals surface area contributed by atoms with Gasteiger partial charge in [-0.2, -0.15) is 0 Å². The first-order valence-electron chi connectivity index (χ1n) is 7.41. The first-order chi connectivity index (χ1) is 10.1. The van der Waals surface area contributed by atoms with Crippen molar-refractivity contribution >= 4 is 23.4 Å². The molecule has 0 saturated carbocycles. The zero-order valence-corrected chi connectivity index (χ0v) is 13.7. The predicted octanol–water partition coefficient (Wildman–Crippen LogP) is 2.41. The van der Waals surface area contributed by atoms with E-state index in [1.54, 1.807) is 11.8 Å². The molecule has 1 atom stereocenters. The Hall–Kier alpha value is -1.04.